The monoisotopic (exact) mass is 244 g/mol. The zero-order valence-electron chi connectivity index (χ0n) is 10.7. The first-order valence-corrected chi connectivity index (χ1v) is 5.81. The zero-order valence-corrected chi connectivity index (χ0v) is 10.7. The van der Waals surface area contributed by atoms with Crippen LogP contribution in [0.15, 0.2) is 0 Å². The minimum absolute atomic E-state index is 0.0220. The lowest BCUT2D eigenvalue weighted by atomic mass is 10.1. The van der Waals surface area contributed by atoms with E-state index in [4.69, 9.17) is 14.2 Å². The van der Waals surface area contributed by atoms with Crippen molar-refractivity contribution in [2.75, 3.05) is 27.2 Å². The second kappa shape index (κ2) is 4.44. The average molecular weight is 244 g/mol. The summed E-state index contributed by atoms with van der Waals surface area (Å²) in [5.41, 5.74) is 0. The van der Waals surface area contributed by atoms with Crippen LogP contribution in [0.1, 0.15) is 13.8 Å². The van der Waals surface area contributed by atoms with Gasteiger partial charge in [0.05, 0.1) is 6.61 Å². The molecule has 1 N–H and O–H groups in total. The van der Waals surface area contributed by atoms with Crippen molar-refractivity contribution < 1.29 is 19.0 Å². The van der Waals surface area contributed by atoms with Gasteiger partial charge in [-0.1, -0.05) is 0 Å². The fourth-order valence-corrected chi connectivity index (χ4v) is 2.14. The molecule has 0 aliphatic carbocycles. The van der Waals surface area contributed by atoms with Gasteiger partial charge < -0.3 is 24.4 Å². The molecule has 2 aliphatic heterocycles. The van der Waals surface area contributed by atoms with E-state index >= 15 is 0 Å². The topological polar surface area (TPSA) is 60.0 Å². The number of carbonyl (C=O) groups is 1. The summed E-state index contributed by atoms with van der Waals surface area (Å²) in [6.07, 6.45) is -0.246. The highest BCUT2D eigenvalue weighted by Crippen LogP contribution is 2.34. The Kier molecular flexibility index (Phi) is 3.29. The lowest BCUT2D eigenvalue weighted by molar-refractivity contribution is -0.174. The van der Waals surface area contributed by atoms with Gasteiger partial charge in [-0.2, -0.15) is 0 Å². The summed E-state index contributed by atoms with van der Waals surface area (Å²) in [6.45, 7) is 4.75. The van der Waals surface area contributed by atoms with Gasteiger partial charge in [0.15, 0.2) is 5.79 Å². The molecule has 98 valence electrons. The molecule has 2 heterocycles. The third-order valence-electron chi connectivity index (χ3n) is 2.92. The fraction of sp³-hybridized carbons (Fsp3) is 0.909. The van der Waals surface area contributed by atoms with Crippen molar-refractivity contribution in [1.29, 1.82) is 0 Å². The van der Waals surface area contributed by atoms with Crippen LogP contribution in [-0.2, 0) is 14.2 Å². The number of ether oxygens (including phenoxy) is 3. The van der Waals surface area contributed by atoms with Gasteiger partial charge in [0.25, 0.3) is 0 Å². The van der Waals surface area contributed by atoms with Crippen LogP contribution in [0.4, 0.5) is 4.79 Å². The lowest BCUT2D eigenvalue weighted by Crippen LogP contribution is -2.43. The van der Waals surface area contributed by atoms with E-state index in [1.54, 1.807) is 14.1 Å². The summed E-state index contributed by atoms with van der Waals surface area (Å²) in [5, 5.41) is 2.79. The molecule has 0 saturated carbocycles. The van der Waals surface area contributed by atoms with Crippen LogP contribution >= 0.6 is 0 Å². The minimum Gasteiger partial charge on any atom is -0.371 e. The maximum absolute atomic E-state index is 11.4. The lowest BCUT2D eigenvalue weighted by Gasteiger charge is -2.22. The van der Waals surface area contributed by atoms with E-state index in [1.807, 2.05) is 13.8 Å². The molecule has 0 aromatic rings. The Morgan fingerprint density at radius 2 is 2.12 bits per heavy atom. The Bertz CT molecular complexity index is 306. The van der Waals surface area contributed by atoms with Crippen molar-refractivity contribution in [2.45, 2.75) is 37.9 Å². The summed E-state index contributed by atoms with van der Waals surface area (Å²) < 4.78 is 17.0. The number of nitrogens with zero attached hydrogens (tertiary/aromatic N) is 1. The molecule has 2 amide bonds. The summed E-state index contributed by atoms with van der Waals surface area (Å²) in [6, 6.07) is -0.129. The highest BCUT2D eigenvalue weighted by molar-refractivity contribution is 5.73. The van der Waals surface area contributed by atoms with E-state index in [2.05, 4.69) is 5.32 Å². The van der Waals surface area contributed by atoms with E-state index in [0.717, 1.165) is 0 Å². The smallest absolute Gasteiger partial charge is 0.316 e. The predicted octanol–water partition coefficient (Wildman–Crippen LogP) is 0.177. The van der Waals surface area contributed by atoms with E-state index in [1.165, 1.54) is 4.90 Å². The first kappa shape index (κ1) is 12.6. The predicted molar refractivity (Wildman–Crippen MR) is 60.7 cm³/mol. The third-order valence-corrected chi connectivity index (χ3v) is 2.92. The van der Waals surface area contributed by atoms with E-state index < -0.39 is 5.79 Å². The maximum Gasteiger partial charge on any atom is 0.316 e. The van der Waals surface area contributed by atoms with Crippen molar-refractivity contribution in [2.24, 2.45) is 0 Å². The second-order valence-corrected chi connectivity index (χ2v) is 5.09. The standard InChI is InChI=1S/C11H20N2O4/c1-11(2)16-8-6-15-7(9(8)17-11)5-12-10(14)13(3)4/h7-9H,5-6H2,1-4H3,(H,12,14). The van der Waals surface area contributed by atoms with Crippen LogP contribution in [-0.4, -0.2) is 62.3 Å². The highest BCUT2D eigenvalue weighted by atomic mass is 16.8. The third kappa shape index (κ3) is 2.70. The molecule has 2 aliphatic rings. The molecule has 2 rings (SSSR count). The van der Waals surface area contributed by atoms with Gasteiger partial charge in [-0.05, 0) is 13.8 Å². The molecule has 0 radical (unpaired) electrons. The molecule has 0 aromatic heterocycles. The molecule has 17 heavy (non-hydrogen) atoms. The summed E-state index contributed by atoms with van der Waals surface area (Å²) in [5.74, 6) is -0.553. The normalized spacial score (nSPS) is 34.5. The second-order valence-electron chi connectivity index (χ2n) is 5.09. The molecular formula is C11H20N2O4. The van der Waals surface area contributed by atoms with Gasteiger partial charge in [-0.15, -0.1) is 0 Å². The first-order valence-electron chi connectivity index (χ1n) is 5.81. The Hall–Kier alpha value is -0.850. The molecule has 6 heteroatoms. The molecule has 6 nitrogen and oxygen atoms in total. The van der Waals surface area contributed by atoms with Crippen LogP contribution in [0.25, 0.3) is 0 Å². The first-order chi connectivity index (χ1) is 7.89. The fourth-order valence-electron chi connectivity index (χ4n) is 2.14. The number of hydrogen-bond acceptors (Lipinski definition) is 4. The zero-order chi connectivity index (χ0) is 12.6. The minimum atomic E-state index is -0.553. The number of nitrogens with one attached hydrogen (secondary N) is 1. The number of urea groups is 1. The number of amides is 2. The van der Waals surface area contributed by atoms with Gasteiger partial charge in [0.1, 0.15) is 18.3 Å². The Labute approximate surface area is 101 Å². The van der Waals surface area contributed by atoms with Crippen molar-refractivity contribution in [3.05, 3.63) is 0 Å². The number of hydrogen-bond donors (Lipinski definition) is 1. The molecule has 0 bridgehead atoms. The van der Waals surface area contributed by atoms with Gasteiger partial charge >= 0.3 is 6.03 Å². The molecular weight excluding hydrogens is 224 g/mol. The van der Waals surface area contributed by atoms with Crippen LogP contribution in [0.5, 0.6) is 0 Å². The molecule has 2 fully saturated rings. The molecule has 3 atom stereocenters. The number of fused-ring (bicyclic) bond motifs is 1. The SMILES string of the molecule is CN(C)C(=O)NCC1OCC2OC(C)(C)OC12. The average Bonchev–Trinajstić information content (AvgIpc) is 2.70. The van der Waals surface area contributed by atoms with Crippen molar-refractivity contribution in [1.82, 2.24) is 10.2 Å². The van der Waals surface area contributed by atoms with E-state index in [0.29, 0.717) is 13.2 Å². The number of rotatable bonds is 2. The van der Waals surface area contributed by atoms with Gasteiger partial charge in [-0.3, -0.25) is 0 Å². The molecule has 0 aromatic carbocycles. The van der Waals surface area contributed by atoms with Crippen LogP contribution < -0.4 is 5.32 Å². The van der Waals surface area contributed by atoms with Gasteiger partial charge in [0, 0.05) is 20.6 Å². The molecule has 2 saturated heterocycles. The summed E-state index contributed by atoms with van der Waals surface area (Å²) >= 11 is 0. The highest BCUT2D eigenvalue weighted by Gasteiger charge is 2.49. The van der Waals surface area contributed by atoms with E-state index in [9.17, 15) is 4.79 Å². The van der Waals surface area contributed by atoms with E-state index in [-0.39, 0.29) is 24.3 Å². The van der Waals surface area contributed by atoms with Crippen LogP contribution in [0.3, 0.4) is 0 Å². The largest absolute Gasteiger partial charge is 0.371 e. The Morgan fingerprint density at radius 3 is 2.76 bits per heavy atom. The van der Waals surface area contributed by atoms with Crippen molar-refractivity contribution in [3.8, 4) is 0 Å². The summed E-state index contributed by atoms with van der Waals surface area (Å²) in [4.78, 5) is 12.9. The quantitative estimate of drug-likeness (QED) is 0.752. The van der Waals surface area contributed by atoms with Gasteiger partial charge in [0.2, 0.25) is 0 Å². The maximum atomic E-state index is 11.4. The Morgan fingerprint density at radius 1 is 1.41 bits per heavy atom. The molecule has 0 spiro atoms. The van der Waals surface area contributed by atoms with Crippen molar-refractivity contribution in [3.63, 3.8) is 0 Å². The van der Waals surface area contributed by atoms with Crippen molar-refractivity contribution >= 4 is 6.03 Å². The van der Waals surface area contributed by atoms with Gasteiger partial charge in [-0.25, -0.2) is 4.79 Å². The van der Waals surface area contributed by atoms with Crippen LogP contribution in [0, 0.1) is 0 Å². The van der Waals surface area contributed by atoms with Crippen LogP contribution in [0.2, 0.25) is 0 Å². The number of carbonyl (C=O) groups excluding carboxylic acids is 1. The Balaban J connectivity index is 1.85. The summed E-state index contributed by atoms with van der Waals surface area (Å²) in [7, 11) is 3.40. The molecule has 3 unspecified atom stereocenters.